The maximum atomic E-state index is 10.2. The first-order valence-electron chi connectivity index (χ1n) is 9.33. The Kier molecular flexibility index (Phi) is 12.6. The monoisotopic (exact) mass is 322 g/mol. The molecule has 0 spiro atoms. The average Bonchev–Trinajstić information content (AvgIpc) is 3.33. The van der Waals surface area contributed by atoms with Gasteiger partial charge in [-0.25, -0.2) is 0 Å². The summed E-state index contributed by atoms with van der Waals surface area (Å²) >= 11 is 0. The number of nitriles is 1. The molecule has 23 heavy (non-hydrogen) atoms. The van der Waals surface area contributed by atoms with Crippen LogP contribution in [0.3, 0.4) is 0 Å². The van der Waals surface area contributed by atoms with E-state index >= 15 is 0 Å². The molecule has 0 aromatic heterocycles. The Bertz CT molecular complexity index is 363. The molecule has 132 valence electrons. The molecule has 4 nitrogen and oxygen atoms in total. The first-order chi connectivity index (χ1) is 11.1. The van der Waals surface area contributed by atoms with Gasteiger partial charge in [0.05, 0.1) is 6.07 Å². The van der Waals surface area contributed by atoms with Gasteiger partial charge in [0.15, 0.2) is 0 Å². The highest BCUT2D eigenvalue weighted by atomic mass is 16.1. The van der Waals surface area contributed by atoms with Crippen LogP contribution in [0.25, 0.3) is 0 Å². The lowest BCUT2D eigenvalue weighted by Crippen LogP contribution is -2.65. The lowest BCUT2D eigenvalue weighted by molar-refractivity contribution is -0.442. The molecule has 0 bridgehead atoms. The summed E-state index contributed by atoms with van der Waals surface area (Å²) in [5.41, 5.74) is -0.156. The van der Waals surface area contributed by atoms with E-state index < -0.39 is 0 Å². The van der Waals surface area contributed by atoms with Crippen LogP contribution in [0.2, 0.25) is 0 Å². The largest absolute Gasteiger partial charge is 0.300 e. The molecule has 1 saturated heterocycles. The van der Waals surface area contributed by atoms with E-state index in [1.54, 1.807) is 0 Å². The molecule has 4 heteroatoms. The summed E-state index contributed by atoms with van der Waals surface area (Å²) in [6, 6.07) is 2.48. The molecule has 0 aromatic carbocycles. The number of Topliss-reactive ketones (excluding diaryl/α,β-unsaturated/α-hetero) is 1. The third kappa shape index (κ3) is 8.27. The van der Waals surface area contributed by atoms with Crippen molar-refractivity contribution >= 4 is 12.0 Å². The highest BCUT2D eigenvalue weighted by Gasteiger charge is 2.34. The van der Waals surface area contributed by atoms with Gasteiger partial charge < -0.3 is 0 Å². The number of likely N-dealkylation sites (tertiary alicyclic amines) is 1. The normalized spacial score (nSPS) is 16.8. The van der Waals surface area contributed by atoms with E-state index in [1.165, 1.54) is 32.2 Å². The van der Waals surface area contributed by atoms with Crippen molar-refractivity contribution in [3.05, 3.63) is 0 Å². The minimum Gasteiger partial charge on any atom is -0.300 e. The number of ketones is 1. The van der Waals surface area contributed by atoms with Crippen LogP contribution >= 0.6 is 0 Å². The van der Waals surface area contributed by atoms with Gasteiger partial charge in [-0.2, -0.15) is 5.26 Å². The van der Waals surface area contributed by atoms with Crippen LogP contribution in [0.1, 0.15) is 79.1 Å². The maximum absolute atomic E-state index is 10.2. The molecule has 2 aliphatic heterocycles. The summed E-state index contributed by atoms with van der Waals surface area (Å²) in [4.78, 5) is 15.6. The summed E-state index contributed by atoms with van der Waals surface area (Å²) in [5, 5.41) is 9.15. The van der Waals surface area contributed by atoms with Gasteiger partial charge in [0, 0.05) is 25.7 Å². The Morgan fingerprint density at radius 3 is 1.91 bits per heavy atom. The number of nitrogens with one attached hydrogen (secondary N) is 1. The van der Waals surface area contributed by atoms with Crippen LogP contribution < -0.4 is 4.99 Å². The Hall–Kier alpha value is -1.21. The number of carbonyl (C=O) groups excluding carboxylic acids is 1. The van der Waals surface area contributed by atoms with Crippen molar-refractivity contribution in [1.82, 2.24) is 4.90 Å². The molecule has 2 aliphatic rings. The van der Waals surface area contributed by atoms with Crippen molar-refractivity contribution in [1.29, 1.82) is 5.26 Å². The van der Waals surface area contributed by atoms with Crippen molar-refractivity contribution in [3.8, 4) is 6.07 Å². The van der Waals surface area contributed by atoms with Gasteiger partial charge in [-0.05, 0) is 38.8 Å². The van der Waals surface area contributed by atoms with Gasteiger partial charge in [-0.15, -0.1) is 0 Å². The van der Waals surface area contributed by atoms with E-state index in [1.807, 2.05) is 13.8 Å². The predicted octanol–water partition coefficient (Wildman–Crippen LogP) is 2.47. The maximum Gasteiger partial charge on any atom is 0.141 e. The molecular weight excluding hydrogens is 286 g/mol. The van der Waals surface area contributed by atoms with Crippen molar-refractivity contribution in [2.75, 3.05) is 19.6 Å². The topological polar surface area (TPSA) is 58.1 Å². The summed E-state index contributed by atoms with van der Waals surface area (Å²) in [5.74, 6) is 0.343. The fourth-order valence-corrected chi connectivity index (χ4v) is 2.83. The number of hydrogen-bond acceptors (Lipinski definition) is 3. The minimum absolute atomic E-state index is 0.156. The second-order valence-corrected chi connectivity index (χ2v) is 6.09. The second-order valence-electron chi connectivity index (χ2n) is 6.09. The van der Waals surface area contributed by atoms with Gasteiger partial charge in [-0.3, -0.25) is 14.7 Å². The molecule has 1 N–H and O–H groups in total. The zero-order valence-electron chi connectivity index (χ0n) is 15.7. The standard InChI is InChI=1S/C10H18N2.C5H10O.C4H7N/c1-3-10(4-2,9-11)12-7-5-6-8-12;1-3-5(6)4-2;1-2-4-5-3-1/h3-8H2,1-2H3;3-4H2,1-2H3;3H,1-2,4H2/p+1. The first kappa shape index (κ1) is 21.8. The third-order valence-corrected chi connectivity index (χ3v) is 4.69. The van der Waals surface area contributed by atoms with Gasteiger partial charge in [0.25, 0.3) is 0 Å². The smallest absolute Gasteiger partial charge is 0.141 e. The molecule has 2 rings (SSSR count). The van der Waals surface area contributed by atoms with Crippen LogP contribution in [0, 0.1) is 11.3 Å². The lowest BCUT2D eigenvalue weighted by Gasteiger charge is -2.34. The van der Waals surface area contributed by atoms with Gasteiger partial charge >= 0.3 is 0 Å². The number of nitrogens with zero attached hydrogens (tertiary/aromatic N) is 2. The van der Waals surface area contributed by atoms with E-state index in [0.717, 1.165) is 25.9 Å². The van der Waals surface area contributed by atoms with Crippen molar-refractivity contribution in [3.63, 3.8) is 0 Å². The SMILES string of the molecule is C1=[NH+]CCC1.CCC(=O)CC.CCC(C#N)(CC)N1CCCC1. The summed E-state index contributed by atoms with van der Waals surface area (Å²) in [6.07, 6.45) is 10.5. The fourth-order valence-electron chi connectivity index (χ4n) is 2.83. The summed E-state index contributed by atoms with van der Waals surface area (Å²) in [7, 11) is 0. The van der Waals surface area contributed by atoms with Gasteiger partial charge in [0.2, 0.25) is 0 Å². The zero-order valence-corrected chi connectivity index (χ0v) is 15.7. The second kappa shape index (κ2) is 13.2. The molecule has 0 atom stereocenters. The minimum atomic E-state index is -0.156. The van der Waals surface area contributed by atoms with Crippen LogP contribution in [0.15, 0.2) is 0 Å². The van der Waals surface area contributed by atoms with Crippen LogP contribution in [0.4, 0.5) is 0 Å². The lowest BCUT2D eigenvalue weighted by atomic mass is 9.93. The molecule has 0 aliphatic carbocycles. The van der Waals surface area contributed by atoms with E-state index in [0.29, 0.717) is 18.6 Å². The first-order valence-corrected chi connectivity index (χ1v) is 9.33. The predicted molar refractivity (Wildman–Crippen MR) is 96.4 cm³/mol. The zero-order chi connectivity index (χ0) is 17.6. The van der Waals surface area contributed by atoms with Crippen LogP contribution in [-0.2, 0) is 4.79 Å². The molecule has 0 amide bonds. The molecule has 0 aromatic rings. The Morgan fingerprint density at radius 1 is 1.13 bits per heavy atom. The molecule has 2 heterocycles. The molecule has 1 fully saturated rings. The Labute approximate surface area is 143 Å². The quantitative estimate of drug-likeness (QED) is 0.846. The van der Waals surface area contributed by atoms with E-state index in [9.17, 15) is 4.79 Å². The van der Waals surface area contributed by atoms with Crippen molar-refractivity contribution in [2.45, 2.75) is 84.6 Å². The fraction of sp³-hybridized carbons (Fsp3) is 0.842. The summed E-state index contributed by atoms with van der Waals surface area (Å²) < 4.78 is 0. The van der Waals surface area contributed by atoms with E-state index in [4.69, 9.17) is 5.26 Å². The Balaban J connectivity index is 0.000000366. The average molecular weight is 323 g/mol. The van der Waals surface area contributed by atoms with E-state index in [2.05, 4.69) is 36.0 Å². The molecule has 0 saturated carbocycles. The number of carbonyl (C=O) groups is 1. The Morgan fingerprint density at radius 2 is 1.70 bits per heavy atom. The summed E-state index contributed by atoms with van der Waals surface area (Å²) in [6.45, 7) is 11.4. The highest BCUT2D eigenvalue weighted by molar-refractivity contribution is 5.77. The van der Waals surface area contributed by atoms with Crippen molar-refractivity contribution < 1.29 is 9.79 Å². The van der Waals surface area contributed by atoms with Crippen LogP contribution in [0.5, 0.6) is 0 Å². The molecule has 0 radical (unpaired) electrons. The highest BCUT2D eigenvalue weighted by Crippen LogP contribution is 2.27. The van der Waals surface area contributed by atoms with Gasteiger partial charge in [-0.1, -0.05) is 27.7 Å². The third-order valence-electron chi connectivity index (χ3n) is 4.69. The molecular formula is C19H36N3O+. The molecule has 0 unspecified atom stereocenters. The van der Waals surface area contributed by atoms with E-state index in [-0.39, 0.29) is 5.54 Å². The number of hydrogen-bond donors (Lipinski definition) is 1. The number of rotatable bonds is 5. The van der Waals surface area contributed by atoms with Crippen LogP contribution in [-0.4, -0.2) is 42.1 Å². The van der Waals surface area contributed by atoms with Gasteiger partial charge in [0.1, 0.15) is 24.1 Å². The van der Waals surface area contributed by atoms with Crippen molar-refractivity contribution in [2.24, 2.45) is 0 Å².